The zero-order valence-corrected chi connectivity index (χ0v) is 14.6. The summed E-state index contributed by atoms with van der Waals surface area (Å²) in [6.45, 7) is 12.7. The molecule has 1 fully saturated rings. The summed E-state index contributed by atoms with van der Waals surface area (Å²) in [6.07, 6.45) is 0. The number of nitrogens with one attached hydrogen (secondary N) is 1. The van der Waals surface area contributed by atoms with E-state index in [2.05, 4.69) is 50.0 Å². The highest BCUT2D eigenvalue weighted by Crippen LogP contribution is 2.40. The molecular weight excluding hydrogens is 276 g/mol. The van der Waals surface area contributed by atoms with Crippen LogP contribution in [0.5, 0.6) is 5.75 Å². The predicted octanol–water partition coefficient (Wildman–Crippen LogP) is 2.28. The number of rotatable bonds is 5. The van der Waals surface area contributed by atoms with Crippen LogP contribution in [-0.4, -0.2) is 49.9 Å². The van der Waals surface area contributed by atoms with Gasteiger partial charge in [-0.05, 0) is 30.5 Å². The number of nitrogens with zero attached hydrogens (tertiary/aromatic N) is 1. The fourth-order valence-electron chi connectivity index (χ4n) is 3.65. The van der Waals surface area contributed by atoms with Crippen molar-refractivity contribution in [3.8, 4) is 5.75 Å². The number of aryl methyl sites for hydroxylation is 2. The van der Waals surface area contributed by atoms with E-state index in [-0.39, 0.29) is 18.1 Å². The third kappa shape index (κ3) is 3.45. The Morgan fingerprint density at radius 3 is 2.23 bits per heavy atom. The summed E-state index contributed by atoms with van der Waals surface area (Å²) in [5, 5.41) is 13.3. The molecule has 22 heavy (non-hydrogen) atoms. The minimum atomic E-state index is -0.190. The van der Waals surface area contributed by atoms with Crippen molar-refractivity contribution in [1.29, 1.82) is 0 Å². The zero-order valence-electron chi connectivity index (χ0n) is 14.6. The van der Waals surface area contributed by atoms with E-state index in [4.69, 9.17) is 4.74 Å². The molecule has 0 spiro atoms. The number of hydrogen-bond acceptors (Lipinski definition) is 4. The molecule has 0 radical (unpaired) electrons. The molecule has 1 atom stereocenters. The van der Waals surface area contributed by atoms with Crippen LogP contribution in [0.25, 0.3) is 0 Å². The van der Waals surface area contributed by atoms with Gasteiger partial charge in [0.25, 0.3) is 0 Å². The largest absolute Gasteiger partial charge is 0.496 e. The Hall–Kier alpha value is -1.10. The highest BCUT2D eigenvalue weighted by molar-refractivity contribution is 5.44. The minimum Gasteiger partial charge on any atom is -0.496 e. The lowest BCUT2D eigenvalue weighted by molar-refractivity contribution is 0.0304. The first-order valence-electron chi connectivity index (χ1n) is 8.11. The molecule has 4 heteroatoms. The highest BCUT2D eigenvalue weighted by Gasteiger charge is 2.36. The number of hydrogen-bond donors (Lipinski definition) is 2. The van der Waals surface area contributed by atoms with E-state index < -0.39 is 0 Å². The summed E-state index contributed by atoms with van der Waals surface area (Å²) in [6, 6.07) is 4.65. The topological polar surface area (TPSA) is 44.7 Å². The normalized spacial score (nSPS) is 18.3. The maximum Gasteiger partial charge on any atom is 0.124 e. The van der Waals surface area contributed by atoms with E-state index >= 15 is 0 Å². The van der Waals surface area contributed by atoms with E-state index in [9.17, 15) is 5.11 Å². The average Bonchev–Trinajstić information content (AvgIpc) is 2.48. The molecule has 0 bridgehead atoms. The van der Waals surface area contributed by atoms with Crippen LogP contribution >= 0.6 is 0 Å². The number of benzene rings is 1. The van der Waals surface area contributed by atoms with E-state index in [1.165, 1.54) is 5.56 Å². The third-order valence-corrected chi connectivity index (χ3v) is 4.67. The lowest BCUT2D eigenvalue weighted by atomic mass is 9.79. The van der Waals surface area contributed by atoms with Gasteiger partial charge in [-0.2, -0.15) is 0 Å². The maximum atomic E-state index is 9.93. The van der Waals surface area contributed by atoms with Crippen LogP contribution in [0.1, 0.15) is 36.6 Å². The van der Waals surface area contributed by atoms with Gasteiger partial charge in [0.2, 0.25) is 0 Å². The first-order chi connectivity index (χ1) is 10.4. The molecule has 0 saturated carbocycles. The molecule has 0 unspecified atom stereocenters. The second-order valence-corrected chi connectivity index (χ2v) is 7.02. The second-order valence-electron chi connectivity index (χ2n) is 7.02. The Morgan fingerprint density at radius 2 is 1.77 bits per heavy atom. The smallest absolute Gasteiger partial charge is 0.124 e. The molecule has 0 amide bonds. The Morgan fingerprint density at radius 1 is 1.23 bits per heavy atom. The van der Waals surface area contributed by atoms with Crippen LogP contribution in [0, 0.1) is 19.3 Å². The maximum absolute atomic E-state index is 9.93. The van der Waals surface area contributed by atoms with Gasteiger partial charge in [-0.3, -0.25) is 4.90 Å². The zero-order chi connectivity index (χ0) is 16.3. The number of ether oxygens (including phenoxy) is 1. The fourth-order valence-corrected chi connectivity index (χ4v) is 3.65. The van der Waals surface area contributed by atoms with Crippen LogP contribution in [0.4, 0.5) is 0 Å². The van der Waals surface area contributed by atoms with Gasteiger partial charge in [-0.15, -0.1) is 0 Å². The van der Waals surface area contributed by atoms with Gasteiger partial charge < -0.3 is 15.2 Å². The molecule has 0 aromatic heterocycles. The minimum absolute atomic E-state index is 0.172. The van der Waals surface area contributed by atoms with E-state index in [0.717, 1.165) is 43.1 Å². The molecule has 1 aliphatic rings. The summed E-state index contributed by atoms with van der Waals surface area (Å²) in [7, 11) is 1.72. The van der Waals surface area contributed by atoms with Crippen molar-refractivity contribution in [2.24, 2.45) is 5.41 Å². The molecule has 124 valence electrons. The Bertz CT molecular complexity index is 485. The van der Waals surface area contributed by atoms with Crippen molar-refractivity contribution < 1.29 is 9.84 Å². The molecule has 2 rings (SSSR count). The van der Waals surface area contributed by atoms with Crippen LogP contribution in [-0.2, 0) is 0 Å². The number of methoxy groups -OCH3 is 1. The fraction of sp³-hybridized carbons (Fsp3) is 0.667. The molecule has 1 saturated heterocycles. The van der Waals surface area contributed by atoms with Gasteiger partial charge >= 0.3 is 0 Å². The van der Waals surface area contributed by atoms with Crippen molar-refractivity contribution in [2.75, 3.05) is 39.9 Å². The van der Waals surface area contributed by atoms with Crippen molar-refractivity contribution in [3.05, 3.63) is 28.8 Å². The highest BCUT2D eigenvalue weighted by atomic mass is 16.5. The Kier molecular flexibility index (Phi) is 5.48. The first kappa shape index (κ1) is 17.3. The summed E-state index contributed by atoms with van der Waals surface area (Å²) in [5.74, 6) is 0.963. The van der Waals surface area contributed by atoms with Gasteiger partial charge in [0, 0.05) is 44.2 Å². The molecule has 1 aliphatic heterocycles. The Labute approximate surface area is 134 Å². The van der Waals surface area contributed by atoms with E-state index in [1.807, 2.05) is 0 Å². The molecule has 1 heterocycles. The SMILES string of the molecule is COc1c(C)cc([C@H](N2CCNCC2)C(C)(C)CO)cc1C. The lowest BCUT2D eigenvalue weighted by Gasteiger charge is -2.43. The summed E-state index contributed by atoms with van der Waals surface area (Å²) in [5.41, 5.74) is 3.40. The Balaban J connectivity index is 2.44. The summed E-state index contributed by atoms with van der Waals surface area (Å²) in [4.78, 5) is 2.49. The van der Waals surface area contributed by atoms with Crippen LogP contribution in [0.3, 0.4) is 0 Å². The van der Waals surface area contributed by atoms with E-state index in [1.54, 1.807) is 7.11 Å². The monoisotopic (exact) mass is 306 g/mol. The summed E-state index contributed by atoms with van der Waals surface area (Å²) >= 11 is 0. The number of aliphatic hydroxyl groups is 1. The molecular formula is C18H30N2O2. The molecule has 0 aliphatic carbocycles. The van der Waals surface area contributed by atoms with Gasteiger partial charge in [0.15, 0.2) is 0 Å². The van der Waals surface area contributed by atoms with Crippen LogP contribution in [0.15, 0.2) is 12.1 Å². The van der Waals surface area contributed by atoms with Crippen molar-refractivity contribution in [1.82, 2.24) is 10.2 Å². The average molecular weight is 306 g/mol. The van der Waals surface area contributed by atoms with Crippen molar-refractivity contribution in [3.63, 3.8) is 0 Å². The van der Waals surface area contributed by atoms with Crippen molar-refractivity contribution >= 4 is 0 Å². The quantitative estimate of drug-likeness (QED) is 0.876. The number of aliphatic hydroxyl groups excluding tert-OH is 1. The third-order valence-electron chi connectivity index (χ3n) is 4.67. The van der Waals surface area contributed by atoms with Gasteiger partial charge in [0.1, 0.15) is 5.75 Å². The lowest BCUT2D eigenvalue weighted by Crippen LogP contribution is -2.49. The molecule has 4 nitrogen and oxygen atoms in total. The molecule has 1 aromatic carbocycles. The van der Waals surface area contributed by atoms with Crippen LogP contribution < -0.4 is 10.1 Å². The second kappa shape index (κ2) is 6.99. The van der Waals surface area contributed by atoms with Gasteiger partial charge in [-0.1, -0.05) is 26.0 Å². The first-order valence-corrected chi connectivity index (χ1v) is 8.11. The van der Waals surface area contributed by atoms with Gasteiger partial charge in [-0.25, -0.2) is 0 Å². The summed E-state index contributed by atoms with van der Waals surface area (Å²) < 4.78 is 5.49. The standard InChI is InChI=1S/C18H30N2O2/c1-13-10-15(11-14(2)16(13)22-5)17(18(3,4)12-21)20-8-6-19-7-9-20/h10-11,17,19,21H,6-9,12H2,1-5H3/t17-/m0/s1. The number of piperazine rings is 1. The van der Waals surface area contributed by atoms with Crippen molar-refractivity contribution in [2.45, 2.75) is 33.7 Å². The van der Waals surface area contributed by atoms with Crippen LogP contribution in [0.2, 0.25) is 0 Å². The molecule has 1 aromatic rings. The predicted molar refractivity (Wildman–Crippen MR) is 90.5 cm³/mol. The van der Waals surface area contributed by atoms with Gasteiger partial charge in [0.05, 0.1) is 7.11 Å². The molecule has 2 N–H and O–H groups in total. The van der Waals surface area contributed by atoms with E-state index in [0.29, 0.717) is 0 Å².